The highest BCUT2D eigenvalue weighted by Gasteiger charge is 2.16. The number of fused-ring (bicyclic) bond motifs is 1. The minimum Gasteiger partial charge on any atom is -0.222 e. The summed E-state index contributed by atoms with van der Waals surface area (Å²) in [5, 5.41) is 0.670. The molecule has 0 N–H and O–H groups in total. The van der Waals surface area contributed by atoms with Gasteiger partial charge in [-0.05, 0) is 18.5 Å². The Morgan fingerprint density at radius 3 is 2.83 bits per heavy atom. The lowest BCUT2D eigenvalue weighted by molar-refractivity contribution is 1.04. The zero-order valence-electron chi connectivity index (χ0n) is 6.43. The van der Waals surface area contributed by atoms with Crippen LogP contribution in [0.25, 0.3) is 6.08 Å². The number of aromatic nitrogens is 2. The third-order valence-electron chi connectivity index (χ3n) is 1.79. The van der Waals surface area contributed by atoms with Crippen molar-refractivity contribution in [3.8, 4) is 0 Å². The molecule has 62 valence electrons. The van der Waals surface area contributed by atoms with Crippen LogP contribution in [0.4, 0.5) is 0 Å². The molecule has 0 radical (unpaired) electrons. The molecule has 0 bridgehead atoms. The second-order valence-corrected chi connectivity index (χ2v) is 3.51. The van der Waals surface area contributed by atoms with Crippen LogP contribution in [0.5, 0.6) is 0 Å². The highest BCUT2D eigenvalue weighted by Crippen LogP contribution is 2.28. The van der Waals surface area contributed by atoms with E-state index in [1.54, 1.807) is 0 Å². The Morgan fingerprint density at radius 1 is 1.33 bits per heavy atom. The smallest absolute Gasteiger partial charge is 0.222 e. The van der Waals surface area contributed by atoms with Gasteiger partial charge in [-0.3, -0.25) is 0 Å². The SMILES string of the molecule is CC1=Cc2c(Cl)nc(Cl)nc2C1. The fourth-order valence-corrected chi connectivity index (χ4v) is 1.77. The fraction of sp³-hybridized carbons (Fsp3) is 0.250. The molecule has 0 fully saturated rings. The number of allylic oxidation sites excluding steroid dienone is 1. The van der Waals surface area contributed by atoms with E-state index in [2.05, 4.69) is 9.97 Å². The molecule has 2 nitrogen and oxygen atoms in total. The Labute approximate surface area is 80.2 Å². The van der Waals surface area contributed by atoms with Crippen molar-refractivity contribution >= 4 is 29.3 Å². The van der Waals surface area contributed by atoms with Crippen molar-refractivity contribution in [3.63, 3.8) is 0 Å². The van der Waals surface area contributed by atoms with Crippen molar-refractivity contribution in [3.05, 3.63) is 27.3 Å². The van der Waals surface area contributed by atoms with Crippen LogP contribution in [0.1, 0.15) is 18.2 Å². The molecular weight excluding hydrogens is 195 g/mol. The van der Waals surface area contributed by atoms with Crippen LogP contribution in [0, 0.1) is 0 Å². The summed E-state index contributed by atoms with van der Waals surface area (Å²) < 4.78 is 0. The van der Waals surface area contributed by atoms with Crippen LogP contribution >= 0.6 is 23.2 Å². The lowest BCUT2D eigenvalue weighted by atomic mass is 10.2. The van der Waals surface area contributed by atoms with Crippen molar-refractivity contribution < 1.29 is 0 Å². The molecule has 0 aliphatic heterocycles. The van der Waals surface area contributed by atoms with Gasteiger partial charge in [-0.1, -0.05) is 23.3 Å². The molecule has 12 heavy (non-hydrogen) atoms. The molecule has 0 amide bonds. The Kier molecular flexibility index (Phi) is 1.81. The number of hydrogen-bond acceptors (Lipinski definition) is 2. The van der Waals surface area contributed by atoms with Gasteiger partial charge in [0.15, 0.2) is 0 Å². The van der Waals surface area contributed by atoms with E-state index in [0.29, 0.717) is 5.15 Å². The van der Waals surface area contributed by atoms with Gasteiger partial charge >= 0.3 is 0 Å². The van der Waals surface area contributed by atoms with Gasteiger partial charge < -0.3 is 0 Å². The van der Waals surface area contributed by atoms with Gasteiger partial charge in [0.25, 0.3) is 0 Å². The van der Waals surface area contributed by atoms with E-state index in [9.17, 15) is 0 Å². The summed E-state index contributed by atoms with van der Waals surface area (Å²) in [7, 11) is 0. The normalized spacial score (nSPS) is 14.4. The summed E-state index contributed by atoms with van der Waals surface area (Å²) >= 11 is 11.5. The molecular formula is C8H6Cl2N2. The highest BCUT2D eigenvalue weighted by atomic mass is 35.5. The molecule has 0 saturated carbocycles. The lowest BCUT2D eigenvalue weighted by Crippen LogP contribution is -1.93. The maximum absolute atomic E-state index is 5.86. The largest absolute Gasteiger partial charge is 0.224 e. The quantitative estimate of drug-likeness (QED) is 0.476. The van der Waals surface area contributed by atoms with Crippen LogP contribution in [0.2, 0.25) is 10.4 Å². The van der Waals surface area contributed by atoms with Gasteiger partial charge in [0.2, 0.25) is 5.28 Å². The molecule has 0 spiro atoms. The molecule has 0 atom stereocenters. The predicted octanol–water partition coefficient (Wildman–Crippen LogP) is 2.74. The third kappa shape index (κ3) is 1.21. The van der Waals surface area contributed by atoms with E-state index in [4.69, 9.17) is 23.2 Å². The van der Waals surface area contributed by atoms with Crippen LogP contribution < -0.4 is 0 Å². The standard InChI is InChI=1S/C8H6Cl2N2/c1-4-2-5-6(3-4)11-8(10)12-7(5)9/h2H,3H2,1H3. The average molecular weight is 201 g/mol. The summed E-state index contributed by atoms with van der Waals surface area (Å²) in [5.41, 5.74) is 3.08. The van der Waals surface area contributed by atoms with Crippen LogP contribution in [0.3, 0.4) is 0 Å². The second kappa shape index (κ2) is 2.71. The van der Waals surface area contributed by atoms with E-state index in [1.165, 1.54) is 5.57 Å². The first-order valence-electron chi connectivity index (χ1n) is 3.56. The Balaban J connectivity index is 2.62. The Hall–Kier alpha value is -0.600. The van der Waals surface area contributed by atoms with Crippen molar-refractivity contribution in [1.29, 1.82) is 0 Å². The number of hydrogen-bond donors (Lipinski definition) is 0. The summed E-state index contributed by atoms with van der Waals surface area (Å²) in [5.74, 6) is 0. The Bertz CT molecular complexity index is 372. The summed E-state index contributed by atoms with van der Waals surface area (Å²) in [6, 6.07) is 0. The molecule has 1 aromatic heterocycles. The van der Waals surface area contributed by atoms with E-state index in [-0.39, 0.29) is 5.28 Å². The van der Waals surface area contributed by atoms with Gasteiger partial charge in [-0.25, -0.2) is 9.97 Å². The number of halogens is 2. The van der Waals surface area contributed by atoms with Crippen LogP contribution in [-0.2, 0) is 6.42 Å². The minimum absolute atomic E-state index is 0.224. The van der Waals surface area contributed by atoms with Crippen molar-refractivity contribution in [2.75, 3.05) is 0 Å². The molecule has 1 aliphatic rings. The zero-order chi connectivity index (χ0) is 8.72. The van der Waals surface area contributed by atoms with E-state index >= 15 is 0 Å². The molecule has 0 unspecified atom stereocenters. The first-order chi connectivity index (χ1) is 5.66. The topological polar surface area (TPSA) is 25.8 Å². The molecule has 4 heteroatoms. The molecule has 0 saturated heterocycles. The fourth-order valence-electron chi connectivity index (χ4n) is 1.30. The van der Waals surface area contributed by atoms with E-state index in [0.717, 1.165) is 17.7 Å². The number of rotatable bonds is 0. The molecule has 1 heterocycles. The van der Waals surface area contributed by atoms with Gasteiger partial charge in [-0.15, -0.1) is 0 Å². The van der Waals surface area contributed by atoms with Gasteiger partial charge in [0, 0.05) is 12.0 Å². The van der Waals surface area contributed by atoms with Crippen molar-refractivity contribution in [2.24, 2.45) is 0 Å². The maximum atomic E-state index is 5.86. The third-order valence-corrected chi connectivity index (χ3v) is 2.24. The van der Waals surface area contributed by atoms with Gasteiger partial charge in [0.1, 0.15) is 5.15 Å². The summed E-state index contributed by atoms with van der Waals surface area (Å²) in [4.78, 5) is 7.94. The average Bonchev–Trinajstić information content (AvgIpc) is 2.29. The molecule has 0 aromatic carbocycles. The van der Waals surface area contributed by atoms with Gasteiger partial charge in [0.05, 0.1) is 5.69 Å². The molecule has 1 aromatic rings. The first-order valence-corrected chi connectivity index (χ1v) is 4.31. The minimum atomic E-state index is 0.224. The molecule has 1 aliphatic carbocycles. The van der Waals surface area contributed by atoms with Crippen molar-refractivity contribution in [1.82, 2.24) is 9.97 Å². The lowest BCUT2D eigenvalue weighted by Gasteiger charge is -1.99. The van der Waals surface area contributed by atoms with Gasteiger partial charge in [-0.2, -0.15) is 0 Å². The van der Waals surface area contributed by atoms with E-state index < -0.39 is 0 Å². The van der Waals surface area contributed by atoms with Crippen molar-refractivity contribution in [2.45, 2.75) is 13.3 Å². The zero-order valence-corrected chi connectivity index (χ0v) is 7.95. The molecule has 2 rings (SSSR count). The summed E-state index contributed by atoms with van der Waals surface area (Å²) in [6.45, 7) is 2.03. The predicted molar refractivity (Wildman–Crippen MR) is 49.4 cm³/mol. The van der Waals surface area contributed by atoms with Crippen LogP contribution in [0.15, 0.2) is 5.57 Å². The maximum Gasteiger partial charge on any atom is 0.224 e. The van der Waals surface area contributed by atoms with Crippen LogP contribution in [-0.4, -0.2) is 9.97 Å². The number of nitrogens with zero attached hydrogens (tertiary/aromatic N) is 2. The van der Waals surface area contributed by atoms with E-state index in [1.807, 2.05) is 13.0 Å². The Morgan fingerprint density at radius 2 is 2.08 bits per heavy atom. The summed E-state index contributed by atoms with van der Waals surface area (Å²) in [6.07, 6.45) is 2.82. The first kappa shape index (κ1) is 8.02. The monoisotopic (exact) mass is 200 g/mol. The second-order valence-electron chi connectivity index (χ2n) is 2.81. The highest BCUT2D eigenvalue weighted by molar-refractivity contribution is 6.33.